The minimum Gasteiger partial charge on any atom is -0.338 e. The average molecular weight is 273 g/mol. The molecular weight excluding hydrogens is 250 g/mol. The number of aryl methyl sites for hydroxylation is 2. The summed E-state index contributed by atoms with van der Waals surface area (Å²) in [5, 5.41) is 7.40. The zero-order chi connectivity index (χ0) is 14.5. The zero-order valence-electron chi connectivity index (χ0n) is 12.7. The van der Waals surface area contributed by atoms with Crippen LogP contribution in [0.4, 0.5) is 0 Å². The maximum Gasteiger partial charge on any atom is 0.240 e. The molecule has 108 valence electrons. The first kappa shape index (κ1) is 14.7. The van der Waals surface area contributed by atoms with E-state index in [0.717, 1.165) is 18.7 Å². The summed E-state index contributed by atoms with van der Waals surface area (Å²) in [6.07, 6.45) is 1.80. The van der Waals surface area contributed by atoms with Gasteiger partial charge in [-0.05, 0) is 32.8 Å². The van der Waals surface area contributed by atoms with E-state index in [2.05, 4.69) is 61.4 Å². The molecule has 1 aromatic heterocycles. The smallest absolute Gasteiger partial charge is 0.240 e. The molecule has 4 heteroatoms. The fourth-order valence-electron chi connectivity index (χ4n) is 2.19. The Morgan fingerprint density at radius 3 is 2.55 bits per heavy atom. The Morgan fingerprint density at radius 2 is 1.90 bits per heavy atom. The van der Waals surface area contributed by atoms with Crippen molar-refractivity contribution in [1.29, 1.82) is 0 Å². The van der Waals surface area contributed by atoms with E-state index in [0.29, 0.717) is 18.5 Å². The van der Waals surface area contributed by atoms with Gasteiger partial charge in [-0.1, -0.05) is 41.4 Å². The lowest BCUT2D eigenvalue weighted by Gasteiger charge is -2.07. The van der Waals surface area contributed by atoms with Crippen molar-refractivity contribution in [3.8, 4) is 0 Å². The van der Waals surface area contributed by atoms with Crippen molar-refractivity contribution in [2.45, 2.75) is 53.1 Å². The van der Waals surface area contributed by atoms with Crippen molar-refractivity contribution in [2.75, 3.05) is 0 Å². The maximum atomic E-state index is 5.27. The minimum absolute atomic E-state index is 0.463. The molecule has 0 aliphatic heterocycles. The third-order valence-corrected chi connectivity index (χ3v) is 3.37. The Kier molecular flexibility index (Phi) is 4.90. The molecule has 0 aliphatic rings. The van der Waals surface area contributed by atoms with E-state index >= 15 is 0 Å². The van der Waals surface area contributed by atoms with Crippen LogP contribution < -0.4 is 5.32 Å². The Labute approximate surface area is 120 Å². The van der Waals surface area contributed by atoms with E-state index in [1.54, 1.807) is 0 Å². The lowest BCUT2D eigenvalue weighted by atomic mass is 10.1. The highest BCUT2D eigenvalue weighted by Crippen LogP contribution is 2.12. The summed E-state index contributed by atoms with van der Waals surface area (Å²) < 4.78 is 5.27. The normalized spacial score (nSPS) is 12.6. The topological polar surface area (TPSA) is 51.0 Å². The Bertz CT molecular complexity index is 542. The summed E-state index contributed by atoms with van der Waals surface area (Å²) in [6, 6.07) is 6.96. The van der Waals surface area contributed by atoms with E-state index in [1.807, 2.05) is 0 Å². The van der Waals surface area contributed by atoms with Gasteiger partial charge in [0.15, 0.2) is 5.82 Å². The average Bonchev–Trinajstić information content (AvgIpc) is 2.82. The van der Waals surface area contributed by atoms with Gasteiger partial charge in [-0.3, -0.25) is 0 Å². The monoisotopic (exact) mass is 273 g/mol. The van der Waals surface area contributed by atoms with Gasteiger partial charge >= 0.3 is 0 Å². The molecule has 0 saturated carbocycles. The molecule has 4 nitrogen and oxygen atoms in total. The van der Waals surface area contributed by atoms with Crippen molar-refractivity contribution in [2.24, 2.45) is 0 Å². The molecule has 1 aromatic carbocycles. The van der Waals surface area contributed by atoms with Crippen molar-refractivity contribution >= 4 is 0 Å². The molecule has 2 rings (SSSR count). The second-order valence-electron chi connectivity index (χ2n) is 5.47. The van der Waals surface area contributed by atoms with Gasteiger partial charge in [0.25, 0.3) is 0 Å². The van der Waals surface area contributed by atoms with Gasteiger partial charge in [-0.2, -0.15) is 4.98 Å². The number of hydrogen-bond acceptors (Lipinski definition) is 4. The predicted molar refractivity (Wildman–Crippen MR) is 79.6 cm³/mol. The van der Waals surface area contributed by atoms with Gasteiger partial charge in [-0.25, -0.2) is 0 Å². The zero-order valence-corrected chi connectivity index (χ0v) is 12.7. The van der Waals surface area contributed by atoms with Crippen LogP contribution in [-0.4, -0.2) is 16.2 Å². The minimum atomic E-state index is 0.463. The highest BCUT2D eigenvalue weighted by molar-refractivity contribution is 5.30. The number of rotatable bonds is 6. The molecule has 0 bridgehead atoms. The van der Waals surface area contributed by atoms with Gasteiger partial charge in [0, 0.05) is 12.5 Å². The second kappa shape index (κ2) is 6.66. The van der Waals surface area contributed by atoms with E-state index in [1.165, 1.54) is 16.7 Å². The van der Waals surface area contributed by atoms with E-state index in [4.69, 9.17) is 4.52 Å². The number of nitrogens with zero attached hydrogens (tertiary/aromatic N) is 2. The first-order valence-corrected chi connectivity index (χ1v) is 7.19. The molecule has 0 radical (unpaired) electrons. The summed E-state index contributed by atoms with van der Waals surface area (Å²) in [5.74, 6) is 1.40. The fourth-order valence-corrected chi connectivity index (χ4v) is 2.19. The molecule has 20 heavy (non-hydrogen) atoms. The van der Waals surface area contributed by atoms with Crippen molar-refractivity contribution in [3.05, 3.63) is 46.6 Å². The molecule has 1 unspecified atom stereocenters. The third-order valence-electron chi connectivity index (χ3n) is 3.37. The molecule has 1 heterocycles. The van der Waals surface area contributed by atoms with E-state index in [9.17, 15) is 0 Å². The van der Waals surface area contributed by atoms with Gasteiger partial charge in [-0.15, -0.1) is 0 Å². The molecule has 2 aromatic rings. The van der Waals surface area contributed by atoms with Gasteiger partial charge in [0.1, 0.15) is 0 Å². The Hall–Kier alpha value is -1.68. The Balaban J connectivity index is 1.98. The second-order valence-corrected chi connectivity index (χ2v) is 5.47. The number of benzene rings is 1. The first-order chi connectivity index (χ1) is 9.56. The van der Waals surface area contributed by atoms with Gasteiger partial charge in [0.05, 0.1) is 6.54 Å². The van der Waals surface area contributed by atoms with Crippen molar-refractivity contribution in [3.63, 3.8) is 0 Å². The first-order valence-electron chi connectivity index (χ1n) is 7.19. The standard InChI is InChI=1S/C16H23N3O/c1-5-13(4)17-10-16-18-15(19-20-16)9-14-7-11(2)6-12(3)8-14/h6-8,13,17H,5,9-10H2,1-4H3. The summed E-state index contributed by atoms with van der Waals surface area (Å²) in [5.41, 5.74) is 3.76. The van der Waals surface area contributed by atoms with Gasteiger partial charge in [0.2, 0.25) is 5.89 Å². The summed E-state index contributed by atoms with van der Waals surface area (Å²) >= 11 is 0. The van der Waals surface area contributed by atoms with Gasteiger partial charge < -0.3 is 9.84 Å². The van der Waals surface area contributed by atoms with E-state index < -0.39 is 0 Å². The molecule has 1 atom stereocenters. The fraction of sp³-hybridized carbons (Fsp3) is 0.500. The van der Waals surface area contributed by atoms with Crippen molar-refractivity contribution in [1.82, 2.24) is 15.5 Å². The summed E-state index contributed by atoms with van der Waals surface area (Å²) in [6.45, 7) is 9.14. The maximum absolute atomic E-state index is 5.27. The highest BCUT2D eigenvalue weighted by atomic mass is 16.5. The molecule has 0 saturated heterocycles. The molecular formula is C16H23N3O. The lowest BCUT2D eigenvalue weighted by molar-refractivity contribution is 0.354. The molecule has 1 N–H and O–H groups in total. The van der Waals surface area contributed by atoms with Crippen LogP contribution in [0.2, 0.25) is 0 Å². The van der Waals surface area contributed by atoms with Crippen LogP contribution in [0.3, 0.4) is 0 Å². The van der Waals surface area contributed by atoms with Crippen LogP contribution in [0, 0.1) is 13.8 Å². The van der Waals surface area contributed by atoms with Crippen LogP contribution in [0.15, 0.2) is 22.7 Å². The molecule has 0 spiro atoms. The summed E-state index contributed by atoms with van der Waals surface area (Å²) in [4.78, 5) is 4.43. The predicted octanol–water partition coefficient (Wildman–Crippen LogP) is 3.17. The number of nitrogens with one attached hydrogen (secondary N) is 1. The molecule has 0 aliphatic carbocycles. The third kappa shape index (κ3) is 4.17. The van der Waals surface area contributed by atoms with E-state index in [-0.39, 0.29) is 0 Å². The Morgan fingerprint density at radius 1 is 1.20 bits per heavy atom. The SMILES string of the molecule is CCC(C)NCc1nc(Cc2cc(C)cc(C)c2)no1. The quantitative estimate of drug-likeness (QED) is 0.878. The van der Waals surface area contributed by atoms with Crippen LogP contribution in [0.25, 0.3) is 0 Å². The van der Waals surface area contributed by atoms with Crippen LogP contribution in [0.5, 0.6) is 0 Å². The summed E-state index contributed by atoms with van der Waals surface area (Å²) in [7, 11) is 0. The largest absolute Gasteiger partial charge is 0.338 e. The van der Waals surface area contributed by atoms with Crippen LogP contribution in [0.1, 0.15) is 48.7 Å². The number of hydrogen-bond donors (Lipinski definition) is 1. The highest BCUT2D eigenvalue weighted by Gasteiger charge is 2.08. The molecule has 0 amide bonds. The van der Waals surface area contributed by atoms with Crippen molar-refractivity contribution < 1.29 is 4.52 Å². The van der Waals surface area contributed by atoms with Crippen LogP contribution in [-0.2, 0) is 13.0 Å². The van der Waals surface area contributed by atoms with Crippen LogP contribution >= 0.6 is 0 Å². The molecule has 0 fully saturated rings. The number of aromatic nitrogens is 2. The lowest BCUT2D eigenvalue weighted by Crippen LogP contribution is -2.24.